The molecular weight excluding hydrogens is 331 g/mol. The number of ether oxygens (including phenoxy) is 1. The summed E-state index contributed by atoms with van der Waals surface area (Å²) in [5, 5.41) is 0. The van der Waals surface area contributed by atoms with Gasteiger partial charge in [0.05, 0.1) is 17.6 Å². The number of aromatic amines is 1. The van der Waals surface area contributed by atoms with Crippen molar-refractivity contribution in [3.63, 3.8) is 0 Å². The first-order valence-electron chi connectivity index (χ1n) is 5.92. The fourth-order valence-electron chi connectivity index (χ4n) is 1.73. The summed E-state index contributed by atoms with van der Waals surface area (Å²) in [7, 11) is 0. The van der Waals surface area contributed by atoms with Crippen LogP contribution in [0.1, 0.15) is 12.5 Å². The minimum atomic E-state index is -0.991. The first-order valence-corrected chi connectivity index (χ1v) is 6.71. The Hall–Kier alpha value is -1.89. The van der Waals surface area contributed by atoms with E-state index in [0.29, 0.717) is 22.4 Å². The number of benzene rings is 1. The third-order valence-electron chi connectivity index (χ3n) is 2.65. The van der Waals surface area contributed by atoms with Gasteiger partial charge in [0.25, 0.3) is 5.56 Å². The molecule has 0 saturated heterocycles. The number of rotatable bonds is 4. The van der Waals surface area contributed by atoms with Crippen molar-refractivity contribution in [3.8, 4) is 5.75 Å². The lowest BCUT2D eigenvalue weighted by Crippen LogP contribution is -2.36. The van der Waals surface area contributed by atoms with E-state index in [1.165, 1.54) is 0 Å². The maximum Gasteiger partial charge on any atom is 0.328 e. The fourth-order valence-corrected chi connectivity index (χ4v) is 2.27. The number of halogens is 2. The number of hydrogen-bond acceptors (Lipinski definition) is 3. The van der Waals surface area contributed by atoms with E-state index in [2.05, 4.69) is 20.9 Å². The fraction of sp³-hybridized carbons (Fsp3) is 0.231. The zero-order chi connectivity index (χ0) is 14.7. The molecule has 0 saturated carbocycles. The van der Waals surface area contributed by atoms with Crippen LogP contribution in [0.4, 0.5) is 4.39 Å². The largest absolute Gasteiger partial charge is 0.493 e. The molecule has 0 aliphatic rings. The average Bonchev–Trinajstić information content (AvgIpc) is 2.42. The molecule has 7 heteroatoms. The van der Waals surface area contributed by atoms with Gasteiger partial charge >= 0.3 is 5.69 Å². The van der Waals surface area contributed by atoms with E-state index in [9.17, 15) is 14.0 Å². The van der Waals surface area contributed by atoms with E-state index >= 15 is 0 Å². The number of aromatic nitrogens is 2. The maximum atomic E-state index is 13.2. The topological polar surface area (TPSA) is 64.1 Å². The van der Waals surface area contributed by atoms with Gasteiger partial charge in [-0.05, 0) is 40.5 Å². The third-order valence-corrected chi connectivity index (χ3v) is 3.27. The summed E-state index contributed by atoms with van der Waals surface area (Å²) in [5.41, 5.74) is -0.918. The molecule has 0 atom stereocenters. The van der Waals surface area contributed by atoms with Crippen LogP contribution in [0.3, 0.4) is 0 Å². The molecule has 5 nitrogen and oxygen atoms in total. The summed E-state index contributed by atoms with van der Waals surface area (Å²) in [6, 6.07) is 5.16. The Balaban J connectivity index is 2.36. The molecular formula is C13H12BrFN2O3. The van der Waals surface area contributed by atoms with Crippen molar-refractivity contribution < 1.29 is 9.13 Å². The molecule has 1 aromatic heterocycles. The highest BCUT2D eigenvalue weighted by molar-refractivity contribution is 9.10. The van der Waals surface area contributed by atoms with Gasteiger partial charge in [-0.25, -0.2) is 4.79 Å². The maximum absolute atomic E-state index is 13.2. The monoisotopic (exact) mass is 342 g/mol. The lowest BCUT2D eigenvalue weighted by molar-refractivity contribution is 0.338. The van der Waals surface area contributed by atoms with Gasteiger partial charge in [0.1, 0.15) is 5.75 Å². The van der Waals surface area contributed by atoms with Crippen molar-refractivity contribution in [2.45, 2.75) is 13.5 Å². The SMILES string of the molecule is CCOc1ccc(Cn2c(=O)[nH]cc(F)c2=O)cc1Br. The summed E-state index contributed by atoms with van der Waals surface area (Å²) in [6.07, 6.45) is 0.759. The minimum absolute atomic E-state index is 0.0169. The Morgan fingerprint density at radius 2 is 2.15 bits per heavy atom. The highest BCUT2D eigenvalue weighted by Crippen LogP contribution is 2.26. The molecule has 0 radical (unpaired) electrons. The van der Waals surface area contributed by atoms with Crippen LogP contribution in [0.15, 0.2) is 38.5 Å². The van der Waals surface area contributed by atoms with Gasteiger partial charge in [-0.3, -0.25) is 9.36 Å². The predicted octanol–water partition coefficient (Wildman–Crippen LogP) is 1.89. The Morgan fingerprint density at radius 1 is 1.40 bits per heavy atom. The van der Waals surface area contributed by atoms with Crippen LogP contribution in [0.25, 0.3) is 0 Å². The van der Waals surface area contributed by atoms with Gasteiger partial charge in [-0.15, -0.1) is 0 Å². The molecule has 0 aliphatic carbocycles. The first-order chi connectivity index (χ1) is 9.52. The second kappa shape index (κ2) is 6.04. The summed E-state index contributed by atoms with van der Waals surface area (Å²) >= 11 is 3.34. The van der Waals surface area contributed by atoms with Crippen LogP contribution in [-0.2, 0) is 6.54 Å². The van der Waals surface area contributed by atoms with Gasteiger partial charge in [0, 0.05) is 6.20 Å². The highest BCUT2D eigenvalue weighted by Gasteiger charge is 2.09. The van der Waals surface area contributed by atoms with E-state index in [-0.39, 0.29) is 6.54 Å². The van der Waals surface area contributed by atoms with E-state index in [0.717, 1.165) is 10.8 Å². The van der Waals surface area contributed by atoms with E-state index < -0.39 is 17.1 Å². The molecule has 20 heavy (non-hydrogen) atoms. The number of nitrogens with one attached hydrogen (secondary N) is 1. The summed E-state index contributed by atoms with van der Waals surface area (Å²) < 4.78 is 20.0. The first kappa shape index (κ1) is 14.5. The van der Waals surface area contributed by atoms with Crippen molar-refractivity contribution >= 4 is 15.9 Å². The van der Waals surface area contributed by atoms with E-state index in [4.69, 9.17) is 4.74 Å². The average molecular weight is 343 g/mol. The Labute approximate surface area is 122 Å². The van der Waals surface area contributed by atoms with Gasteiger partial charge in [-0.2, -0.15) is 4.39 Å². The van der Waals surface area contributed by atoms with Gasteiger partial charge in [0.2, 0.25) is 5.82 Å². The Kier molecular flexibility index (Phi) is 4.39. The predicted molar refractivity (Wildman–Crippen MR) is 75.7 cm³/mol. The smallest absolute Gasteiger partial charge is 0.328 e. The quantitative estimate of drug-likeness (QED) is 0.922. The normalized spacial score (nSPS) is 10.6. The van der Waals surface area contributed by atoms with Gasteiger partial charge in [-0.1, -0.05) is 6.07 Å². The van der Waals surface area contributed by atoms with E-state index in [1.807, 2.05) is 6.92 Å². The number of nitrogens with zero attached hydrogens (tertiary/aromatic N) is 1. The molecule has 1 aromatic carbocycles. The highest BCUT2D eigenvalue weighted by atomic mass is 79.9. The molecule has 0 bridgehead atoms. The number of H-pyrrole nitrogens is 1. The van der Waals surface area contributed by atoms with Crippen molar-refractivity contribution in [2.24, 2.45) is 0 Å². The third kappa shape index (κ3) is 2.98. The molecule has 106 valence electrons. The van der Waals surface area contributed by atoms with E-state index in [1.54, 1.807) is 18.2 Å². The zero-order valence-electron chi connectivity index (χ0n) is 10.7. The molecule has 2 aromatic rings. The zero-order valence-corrected chi connectivity index (χ0v) is 12.2. The van der Waals surface area contributed by atoms with Crippen LogP contribution in [0.2, 0.25) is 0 Å². The lowest BCUT2D eigenvalue weighted by Gasteiger charge is -2.09. The molecule has 2 rings (SSSR count). The van der Waals surface area contributed by atoms with Crippen LogP contribution in [0.5, 0.6) is 5.75 Å². The van der Waals surface area contributed by atoms with Crippen molar-refractivity contribution in [1.29, 1.82) is 0 Å². The summed E-state index contributed by atoms with van der Waals surface area (Å²) in [6.45, 7) is 2.38. The molecule has 0 amide bonds. The second-order valence-electron chi connectivity index (χ2n) is 4.03. The van der Waals surface area contributed by atoms with Crippen LogP contribution in [-0.4, -0.2) is 16.2 Å². The van der Waals surface area contributed by atoms with Crippen molar-refractivity contribution in [2.75, 3.05) is 6.61 Å². The second-order valence-corrected chi connectivity index (χ2v) is 4.89. The van der Waals surface area contributed by atoms with Crippen molar-refractivity contribution in [3.05, 3.63) is 61.1 Å². The Morgan fingerprint density at radius 3 is 2.80 bits per heavy atom. The lowest BCUT2D eigenvalue weighted by atomic mass is 10.2. The molecule has 0 aliphatic heterocycles. The van der Waals surface area contributed by atoms with Gasteiger partial charge < -0.3 is 9.72 Å². The van der Waals surface area contributed by atoms with Crippen LogP contribution < -0.4 is 16.0 Å². The Bertz CT molecular complexity index is 739. The molecule has 0 unspecified atom stereocenters. The number of hydrogen-bond donors (Lipinski definition) is 1. The molecule has 1 N–H and O–H groups in total. The molecule has 1 heterocycles. The van der Waals surface area contributed by atoms with Gasteiger partial charge in [0.15, 0.2) is 0 Å². The van der Waals surface area contributed by atoms with Crippen LogP contribution >= 0.6 is 15.9 Å². The van der Waals surface area contributed by atoms with Crippen LogP contribution in [0, 0.1) is 5.82 Å². The summed E-state index contributed by atoms with van der Waals surface area (Å²) in [5.74, 6) is -0.327. The molecule has 0 spiro atoms. The summed E-state index contributed by atoms with van der Waals surface area (Å²) in [4.78, 5) is 25.3. The van der Waals surface area contributed by atoms with Crippen molar-refractivity contribution in [1.82, 2.24) is 9.55 Å². The molecule has 0 fully saturated rings. The minimum Gasteiger partial charge on any atom is -0.493 e. The standard InChI is InChI=1S/C13H12BrFN2O3/c1-2-20-11-4-3-8(5-9(11)14)7-17-12(18)10(15)6-16-13(17)19/h3-6H,2,7H2,1H3,(H,16,19).